The highest BCUT2D eigenvalue weighted by molar-refractivity contribution is 5.89. The number of carbonyl (C=O) groups is 1. The van der Waals surface area contributed by atoms with Gasteiger partial charge in [0.05, 0.1) is 5.56 Å². The Morgan fingerprint density at radius 2 is 1.83 bits per heavy atom. The fourth-order valence-corrected chi connectivity index (χ4v) is 4.63. The summed E-state index contributed by atoms with van der Waals surface area (Å²) in [7, 11) is 0. The van der Waals surface area contributed by atoms with Crippen molar-refractivity contribution in [3.63, 3.8) is 0 Å². The van der Waals surface area contributed by atoms with E-state index in [-0.39, 0.29) is 17.7 Å². The third-order valence-electron chi connectivity index (χ3n) is 5.73. The minimum Gasteiger partial charge on any atom is -0.455 e. The molecule has 1 saturated carbocycles. The first-order valence-electron chi connectivity index (χ1n) is 8.30. The topological polar surface area (TPSA) is 38.8 Å². The maximum atomic E-state index is 12.5. The Balaban J connectivity index is 1.49. The van der Waals surface area contributed by atoms with Gasteiger partial charge in [-0.25, -0.2) is 4.79 Å². The summed E-state index contributed by atoms with van der Waals surface area (Å²) in [4.78, 5) is 12.5. The Morgan fingerprint density at radius 1 is 1.04 bits per heavy atom. The van der Waals surface area contributed by atoms with Crippen LogP contribution in [-0.2, 0) is 21.5 Å². The first-order valence-corrected chi connectivity index (χ1v) is 8.30. The predicted octanol–water partition coefficient (Wildman–Crippen LogP) is 3.62. The van der Waals surface area contributed by atoms with Crippen LogP contribution in [0, 0.1) is 0 Å². The Hall–Kier alpha value is -2.13. The van der Waals surface area contributed by atoms with Crippen LogP contribution in [0.25, 0.3) is 0 Å². The van der Waals surface area contributed by atoms with Crippen LogP contribution >= 0.6 is 0 Å². The quantitative estimate of drug-likeness (QED) is 0.628. The summed E-state index contributed by atoms with van der Waals surface area (Å²) in [5.41, 5.74) is 2.68. The molecule has 1 aliphatic heterocycles. The van der Waals surface area contributed by atoms with Gasteiger partial charge >= 0.3 is 5.97 Å². The lowest BCUT2D eigenvalue weighted by Gasteiger charge is -2.27. The molecule has 3 aliphatic rings. The van der Waals surface area contributed by atoms with Crippen molar-refractivity contribution in [2.24, 2.45) is 0 Å². The van der Waals surface area contributed by atoms with Crippen molar-refractivity contribution >= 4 is 5.97 Å². The number of esters is 1. The van der Waals surface area contributed by atoms with E-state index in [1.54, 1.807) is 12.1 Å². The summed E-state index contributed by atoms with van der Waals surface area (Å²) in [6.07, 6.45) is 3.76. The average Bonchev–Trinajstić information content (AvgIpc) is 3.21. The molecule has 116 valence electrons. The van der Waals surface area contributed by atoms with Crippen LogP contribution < -0.4 is 0 Å². The molecule has 0 aromatic heterocycles. The Morgan fingerprint density at radius 3 is 2.70 bits per heavy atom. The van der Waals surface area contributed by atoms with Crippen molar-refractivity contribution in [1.29, 1.82) is 0 Å². The molecule has 5 rings (SSSR count). The normalized spacial score (nSPS) is 33.3. The van der Waals surface area contributed by atoms with Gasteiger partial charge < -0.3 is 9.47 Å². The van der Waals surface area contributed by atoms with Crippen LogP contribution in [-0.4, -0.2) is 17.7 Å². The van der Waals surface area contributed by atoms with E-state index in [0.29, 0.717) is 5.56 Å². The van der Waals surface area contributed by atoms with Crippen LogP contribution in [0.5, 0.6) is 0 Å². The van der Waals surface area contributed by atoms with Crippen molar-refractivity contribution < 1.29 is 14.3 Å². The molecule has 1 saturated heterocycles. The zero-order valence-electron chi connectivity index (χ0n) is 12.8. The fourth-order valence-electron chi connectivity index (χ4n) is 4.63. The highest BCUT2D eigenvalue weighted by Gasteiger charge is 2.80. The second-order valence-corrected chi connectivity index (χ2v) is 6.79. The third kappa shape index (κ3) is 1.66. The smallest absolute Gasteiger partial charge is 0.338 e. The Bertz CT molecular complexity index is 784. The summed E-state index contributed by atoms with van der Waals surface area (Å²) in [6.45, 7) is 0. The fraction of sp³-hybridized carbons (Fsp3) is 0.350. The molecule has 3 atom stereocenters. The van der Waals surface area contributed by atoms with Crippen molar-refractivity contribution in [3.8, 4) is 0 Å². The molecule has 1 heterocycles. The highest BCUT2D eigenvalue weighted by Crippen LogP contribution is 2.70. The first-order chi connectivity index (χ1) is 11.3. The lowest BCUT2D eigenvalue weighted by molar-refractivity contribution is 0.000692. The van der Waals surface area contributed by atoms with Crippen LogP contribution in [0.3, 0.4) is 0 Å². The lowest BCUT2D eigenvalue weighted by atomic mass is 9.76. The second-order valence-electron chi connectivity index (χ2n) is 6.79. The first kappa shape index (κ1) is 13.3. The van der Waals surface area contributed by atoms with E-state index in [1.807, 2.05) is 18.2 Å². The lowest BCUT2D eigenvalue weighted by Crippen LogP contribution is -2.35. The number of ether oxygens (including phenoxy) is 2. The van der Waals surface area contributed by atoms with Gasteiger partial charge in [-0.15, -0.1) is 0 Å². The van der Waals surface area contributed by atoms with E-state index in [2.05, 4.69) is 24.3 Å². The molecule has 23 heavy (non-hydrogen) atoms. The molecule has 2 aromatic rings. The largest absolute Gasteiger partial charge is 0.455 e. The molecule has 2 aromatic carbocycles. The van der Waals surface area contributed by atoms with Gasteiger partial charge in [0.15, 0.2) is 5.60 Å². The van der Waals surface area contributed by atoms with E-state index in [4.69, 9.17) is 9.47 Å². The van der Waals surface area contributed by atoms with E-state index in [9.17, 15) is 4.79 Å². The van der Waals surface area contributed by atoms with Gasteiger partial charge in [-0.2, -0.15) is 0 Å². The molecule has 2 aliphatic carbocycles. The van der Waals surface area contributed by atoms with Gasteiger partial charge in [0.25, 0.3) is 0 Å². The molecule has 0 N–H and O–H groups in total. The van der Waals surface area contributed by atoms with Gasteiger partial charge in [-0.1, -0.05) is 42.5 Å². The van der Waals surface area contributed by atoms with Gasteiger partial charge in [0, 0.05) is 0 Å². The summed E-state index contributed by atoms with van der Waals surface area (Å²) >= 11 is 0. The molecule has 2 fully saturated rings. The molecule has 0 spiro atoms. The van der Waals surface area contributed by atoms with Gasteiger partial charge in [0.1, 0.15) is 11.7 Å². The maximum absolute atomic E-state index is 12.5. The van der Waals surface area contributed by atoms with Crippen LogP contribution in [0.1, 0.15) is 40.7 Å². The van der Waals surface area contributed by atoms with Gasteiger partial charge in [-0.05, 0) is 48.9 Å². The zero-order valence-corrected chi connectivity index (χ0v) is 12.8. The monoisotopic (exact) mass is 306 g/mol. The molecule has 0 radical (unpaired) electrons. The highest BCUT2D eigenvalue weighted by atomic mass is 16.7. The number of aryl methyl sites for hydroxylation is 1. The van der Waals surface area contributed by atoms with Crippen molar-refractivity contribution in [2.45, 2.75) is 43.0 Å². The summed E-state index contributed by atoms with van der Waals surface area (Å²) in [5, 5.41) is 0. The summed E-state index contributed by atoms with van der Waals surface area (Å²) in [6, 6.07) is 17.7. The molecular formula is C20H18O3. The SMILES string of the molecule is O=C(O[C@H]1CC[C@@]23CCc4ccccc4[C@@]12O3)c1ccccc1. The summed E-state index contributed by atoms with van der Waals surface area (Å²) < 4.78 is 12.2. The minimum absolute atomic E-state index is 0.0943. The van der Waals surface area contributed by atoms with Crippen molar-refractivity contribution in [2.75, 3.05) is 0 Å². The summed E-state index contributed by atoms with van der Waals surface area (Å²) in [5.74, 6) is -0.251. The van der Waals surface area contributed by atoms with Crippen LogP contribution in [0.4, 0.5) is 0 Å². The molecule has 3 nitrogen and oxygen atoms in total. The van der Waals surface area contributed by atoms with E-state index >= 15 is 0 Å². The van der Waals surface area contributed by atoms with E-state index in [1.165, 1.54) is 11.1 Å². The number of benzene rings is 2. The Labute approximate surface area is 135 Å². The number of rotatable bonds is 2. The molecule has 0 unspecified atom stereocenters. The minimum atomic E-state index is -0.397. The number of hydrogen-bond acceptors (Lipinski definition) is 3. The maximum Gasteiger partial charge on any atom is 0.338 e. The second kappa shape index (κ2) is 4.45. The standard InChI is InChI=1S/C20H18O3/c21-18(15-7-2-1-3-8-15)22-17-11-13-19-12-10-14-6-4-5-9-16(14)20(17,19)23-19/h1-9,17H,10-13H2/t17-,19-,20+/m0/s1. The number of carbonyl (C=O) groups excluding carboxylic acids is 1. The molecule has 3 heteroatoms. The van der Waals surface area contributed by atoms with Crippen molar-refractivity contribution in [3.05, 3.63) is 71.3 Å². The van der Waals surface area contributed by atoms with Gasteiger partial charge in [0.2, 0.25) is 0 Å². The average molecular weight is 306 g/mol. The van der Waals surface area contributed by atoms with E-state index in [0.717, 1.165) is 25.7 Å². The number of fused-ring (bicyclic) bond motifs is 1. The molecular weight excluding hydrogens is 288 g/mol. The Kier molecular flexibility index (Phi) is 2.58. The van der Waals surface area contributed by atoms with Crippen LogP contribution in [0.15, 0.2) is 54.6 Å². The molecule has 0 bridgehead atoms. The van der Waals surface area contributed by atoms with E-state index < -0.39 is 5.60 Å². The van der Waals surface area contributed by atoms with Gasteiger partial charge in [-0.3, -0.25) is 0 Å². The third-order valence-corrected chi connectivity index (χ3v) is 5.73. The van der Waals surface area contributed by atoms with Crippen LogP contribution in [0.2, 0.25) is 0 Å². The molecule has 0 amide bonds. The number of epoxide rings is 1. The van der Waals surface area contributed by atoms with Crippen molar-refractivity contribution in [1.82, 2.24) is 0 Å². The predicted molar refractivity (Wildman–Crippen MR) is 85.1 cm³/mol. The number of hydrogen-bond donors (Lipinski definition) is 0. The zero-order chi connectivity index (χ0) is 15.5.